The quantitative estimate of drug-likeness (QED) is 0.866. The van der Waals surface area contributed by atoms with Gasteiger partial charge in [-0.05, 0) is 23.8 Å². The normalized spacial score (nSPS) is 11.1. The maximum atomic E-state index is 12.1. The molecule has 8 heteroatoms. The first-order chi connectivity index (χ1) is 9.92. The SMILES string of the molecule is N#Cc1cccc(CNS(=O)(=O)c2cnc(Cl)c(Cl)c2)c1. The van der Waals surface area contributed by atoms with E-state index in [1.807, 2.05) is 6.07 Å². The molecule has 0 saturated carbocycles. The molecule has 0 unspecified atom stereocenters. The third-order valence-corrected chi connectivity index (χ3v) is 4.66. The second-order valence-electron chi connectivity index (χ2n) is 4.08. The number of rotatable bonds is 4. The van der Waals surface area contributed by atoms with Gasteiger partial charge >= 0.3 is 0 Å². The molecule has 0 spiro atoms. The van der Waals surface area contributed by atoms with Gasteiger partial charge in [-0.2, -0.15) is 5.26 Å². The molecule has 1 aromatic carbocycles. The van der Waals surface area contributed by atoms with Gasteiger partial charge in [0.05, 0.1) is 16.7 Å². The molecule has 2 aromatic rings. The summed E-state index contributed by atoms with van der Waals surface area (Å²) in [6.07, 6.45) is 1.13. The molecular formula is C13H9Cl2N3O2S. The van der Waals surface area contributed by atoms with Crippen LogP contribution < -0.4 is 4.72 Å². The van der Waals surface area contributed by atoms with Crippen molar-refractivity contribution in [2.75, 3.05) is 0 Å². The Morgan fingerprint density at radius 3 is 2.71 bits per heavy atom. The molecule has 0 aliphatic carbocycles. The Balaban J connectivity index is 2.17. The second-order valence-corrected chi connectivity index (χ2v) is 6.61. The van der Waals surface area contributed by atoms with Crippen LogP contribution in [0.15, 0.2) is 41.4 Å². The van der Waals surface area contributed by atoms with E-state index >= 15 is 0 Å². The van der Waals surface area contributed by atoms with E-state index in [-0.39, 0.29) is 21.6 Å². The third kappa shape index (κ3) is 3.93. The van der Waals surface area contributed by atoms with Gasteiger partial charge in [-0.15, -0.1) is 0 Å². The van der Waals surface area contributed by atoms with Crippen LogP contribution in [0.1, 0.15) is 11.1 Å². The molecule has 0 saturated heterocycles. The fourth-order valence-corrected chi connectivity index (χ4v) is 2.89. The van der Waals surface area contributed by atoms with Gasteiger partial charge in [-0.1, -0.05) is 35.3 Å². The summed E-state index contributed by atoms with van der Waals surface area (Å²) in [6, 6.07) is 9.87. The highest BCUT2D eigenvalue weighted by atomic mass is 35.5. The van der Waals surface area contributed by atoms with Crippen LogP contribution in [-0.4, -0.2) is 13.4 Å². The van der Waals surface area contributed by atoms with E-state index in [0.29, 0.717) is 11.1 Å². The Hall–Kier alpha value is -1.65. The number of hydrogen-bond acceptors (Lipinski definition) is 4. The van der Waals surface area contributed by atoms with Crippen LogP contribution in [0, 0.1) is 11.3 Å². The highest BCUT2D eigenvalue weighted by Crippen LogP contribution is 2.22. The van der Waals surface area contributed by atoms with E-state index in [1.54, 1.807) is 24.3 Å². The average molecular weight is 342 g/mol. The smallest absolute Gasteiger partial charge is 0.242 e. The average Bonchev–Trinajstić information content (AvgIpc) is 2.48. The number of aromatic nitrogens is 1. The number of benzene rings is 1. The number of halogens is 2. The Morgan fingerprint density at radius 1 is 1.29 bits per heavy atom. The first-order valence-corrected chi connectivity index (χ1v) is 7.96. The van der Waals surface area contributed by atoms with Crippen LogP contribution in [0.25, 0.3) is 0 Å². The molecule has 1 aromatic heterocycles. The summed E-state index contributed by atoms with van der Waals surface area (Å²) < 4.78 is 26.6. The Bertz CT molecular complexity index is 816. The van der Waals surface area contributed by atoms with Crippen molar-refractivity contribution in [2.45, 2.75) is 11.4 Å². The maximum Gasteiger partial charge on any atom is 0.242 e. The van der Waals surface area contributed by atoms with Crippen molar-refractivity contribution in [3.8, 4) is 6.07 Å². The summed E-state index contributed by atoms with van der Waals surface area (Å²) >= 11 is 11.4. The fourth-order valence-electron chi connectivity index (χ4n) is 1.56. The zero-order valence-corrected chi connectivity index (χ0v) is 12.9. The highest BCUT2D eigenvalue weighted by molar-refractivity contribution is 7.89. The highest BCUT2D eigenvalue weighted by Gasteiger charge is 2.16. The van der Waals surface area contributed by atoms with Crippen LogP contribution in [0.5, 0.6) is 0 Å². The van der Waals surface area contributed by atoms with Crippen LogP contribution in [0.3, 0.4) is 0 Å². The molecule has 0 amide bonds. The predicted molar refractivity (Wildman–Crippen MR) is 79.4 cm³/mol. The van der Waals surface area contributed by atoms with E-state index in [9.17, 15) is 8.42 Å². The van der Waals surface area contributed by atoms with Gasteiger partial charge in [-0.25, -0.2) is 18.1 Å². The fraction of sp³-hybridized carbons (Fsp3) is 0.0769. The largest absolute Gasteiger partial charge is 0.242 e. The number of nitriles is 1. The molecule has 0 aliphatic rings. The molecule has 2 rings (SSSR count). The Morgan fingerprint density at radius 2 is 2.05 bits per heavy atom. The van der Waals surface area contributed by atoms with Gasteiger partial charge in [0.2, 0.25) is 10.0 Å². The lowest BCUT2D eigenvalue weighted by atomic mass is 10.1. The number of hydrogen-bond donors (Lipinski definition) is 1. The van der Waals surface area contributed by atoms with Crippen LogP contribution in [0.4, 0.5) is 0 Å². The van der Waals surface area contributed by atoms with Gasteiger partial charge in [-0.3, -0.25) is 0 Å². The summed E-state index contributed by atoms with van der Waals surface area (Å²) in [5.41, 5.74) is 1.13. The standard InChI is InChI=1S/C13H9Cl2N3O2S/c14-12-5-11(8-17-13(12)15)21(19,20)18-7-10-3-1-2-9(4-10)6-16/h1-5,8,18H,7H2. The lowest BCUT2D eigenvalue weighted by Crippen LogP contribution is -2.23. The number of sulfonamides is 1. The number of nitrogens with one attached hydrogen (secondary N) is 1. The Labute approximate surface area is 132 Å². The summed E-state index contributed by atoms with van der Waals surface area (Å²) in [4.78, 5) is 3.62. The number of pyridine rings is 1. The number of nitrogens with zero attached hydrogens (tertiary/aromatic N) is 2. The monoisotopic (exact) mass is 341 g/mol. The summed E-state index contributed by atoms with van der Waals surface area (Å²) in [6.45, 7) is 0.0537. The van der Waals surface area contributed by atoms with Crippen molar-refractivity contribution in [3.05, 3.63) is 57.8 Å². The van der Waals surface area contributed by atoms with E-state index < -0.39 is 10.0 Å². The lowest BCUT2D eigenvalue weighted by Gasteiger charge is -2.07. The minimum absolute atomic E-state index is 0.0392. The molecule has 0 fully saturated rings. The van der Waals surface area contributed by atoms with Gasteiger partial charge in [0.15, 0.2) is 0 Å². The lowest BCUT2D eigenvalue weighted by molar-refractivity contribution is 0.581. The van der Waals surface area contributed by atoms with Crippen molar-refractivity contribution in [1.82, 2.24) is 9.71 Å². The second kappa shape index (κ2) is 6.41. The van der Waals surface area contributed by atoms with Gasteiger partial charge in [0, 0.05) is 12.7 Å². The maximum absolute atomic E-state index is 12.1. The molecule has 0 aliphatic heterocycles. The summed E-state index contributed by atoms with van der Waals surface area (Å²) in [7, 11) is -3.76. The van der Waals surface area contributed by atoms with Gasteiger partial charge in [0.25, 0.3) is 0 Å². The van der Waals surface area contributed by atoms with Crippen molar-refractivity contribution in [3.63, 3.8) is 0 Å². The topological polar surface area (TPSA) is 82.9 Å². The third-order valence-electron chi connectivity index (χ3n) is 2.60. The molecule has 1 heterocycles. The van der Waals surface area contributed by atoms with Gasteiger partial charge < -0.3 is 0 Å². The summed E-state index contributed by atoms with van der Waals surface area (Å²) in [5, 5.41) is 8.90. The molecule has 0 bridgehead atoms. The van der Waals surface area contributed by atoms with E-state index in [4.69, 9.17) is 28.5 Å². The van der Waals surface area contributed by atoms with Crippen molar-refractivity contribution < 1.29 is 8.42 Å². The molecule has 0 radical (unpaired) electrons. The predicted octanol–water partition coefficient (Wildman–Crippen LogP) is 2.74. The summed E-state index contributed by atoms with van der Waals surface area (Å²) in [5.74, 6) is 0. The van der Waals surface area contributed by atoms with E-state index in [0.717, 1.165) is 6.20 Å². The van der Waals surface area contributed by atoms with Crippen LogP contribution in [-0.2, 0) is 16.6 Å². The zero-order chi connectivity index (χ0) is 15.5. The molecule has 21 heavy (non-hydrogen) atoms. The molecule has 108 valence electrons. The molecular weight excluding hydrogens is 333 g/mol. The van der Waals surface area contributed by atoms with Crippen molar-refractivity contribution in [1.29, 1.82) is 5.26 Å². The minimum Gasteiger partial charge on any atom is -0.242 e. The molecule has 5 nitrogen and oxygen atoms in total. The zero-order valence-electron chi connectivity index (χ0n) is 10.5. The van der Waals surface area contributed by atoms with E-state index in [1.165, 1.54) is 6.07 Å². The van der Waals surface area contributed by atoms with Crippen LogP contribution >= 0.6 is 23.2 Å². The first-order valence-electron chi connectivity index (χ1n) is 5.72. The molecule has 1 N–H and O–H groups in total. The van der Waals surface area contributed by atoms with Crippen molar-refractivity contribution >= 4 is 33.2 Å². The van der Waals surface area contributed by atoms with Crippen molar-refractivity contribution in [2.24, 2.45) is 0 Å². The van der Waals surface area contributed by atoms with E-state index in [2.05, 4.69) is 9.71 Å². The first kappa shape index (κ1) is 15.7. The van der Waals surface area contributed by atoms with Crippen LogP contribution in [0.2, 0.25) is 10.2 Å². The Kier molecular flexibility index (Phi) is 4.80. The molecule has 0 atom stereocenters. The van der Waals surface area contributed by atoms with Gasteiger partial charge in [0.1, 0.15) is 10.0 Å². The minimum atomic E-state index is -3.76.